The number of thioether (sulfide) groups is 1. The summed E-state index contributed by atoms with van der Waals surface area (Å²) >= 11 is 1.50. The van der Waals surface area contributed by atoms with Crippen molar-refractivity contribution in [1.29, 1.82) is 0 Å². The van der Waals surface area contributed by atoms with Crippen LogP contribution in [-0.4, -0.2) is 33.0 Å². The molecule has 0 atom stereocenters. The molecule has 2 heterocycles. The number of fused-ring (bicyclic) bond motifs is 1. The Balaban J connectivity index is 1.71. The number of carbonyl (C=O) groups excluding carboxylic acids is 1. The van der Waals surface area contributed by atoms with Gasteiger partial charge in [-0.05, 0) is 30.9 Å². The van der Waals surface area contributed by atoms with Gasteiger partial charge in [0.15, 0.2) is 5.16 Å². The van der Waals surface area contributed by atoms with Gasteiger partial charge in [-0.2, -0.15) is 0 Å². The van der Waals surface area contributed by atoms with Gasteiger partial charge in [0.2, 0.25) is 5.91 Å². The van der Waals surface area contributed by atoms with Crippen LogP contribution in [0.1, 0.15) is 50.9 Å². The first-order valence-electron chi connectivity index (χ1n) is 9.06. The fourth-order valence-electron chi connectivity index (χ4n) is 3.26. The predicted octanol–water partition coefficient (Wildman–Crippen LogP) is 3.88. The number of rotatable bonds is 6. The standard InChI is InChI=1S/C19H26N4OS/c1-4-11-23-18(14(2)3)20-21-19(23)25-13-17(24)22-12-7-9-15-8-5-6-10-16(15)22/h5-6,8,10,14H,4,7,9,11-13H2,1-3H3. The monoisotopic (exact) mass is 358 g/mol. The topological polar surface area (TPSA) is 51.0 Å². The van der Waals surface area contributed by atoms with Crippen molar-refractivity contribution in [1.82, 2.24) is 14.8 Å². The Morgan fingerprint density at radius 3 is 2.84 bits per heavy atom. The van der Waals surface area contributed by atoms with E-state index in [-0.39, 0.29) is 5.91 Å². The maximum atomic E-state index is 12.8. The van der Waals surface area contributed by atoms with Crippen molar-refractivity contribution in [2.45, 2.75) is 57.7 Å². The van der Waals surface area contributed by atoms with Crippen molar-refractivity contribution >= 4 is 23.4 Å². The second kappa shape index (κ2) is 8.04. The van der Waals surface area contributed by atoms with Gasteiger partial charge in [0.1, 0.15) is 5.82 Å². The van der Waals surface area contributed by atoms with Crippen LogP contribution < -0.4 is 4.90 Å². The first-order chi connectivity index (χ1) is 12.1. The Morgan fingerprint density at radius 1 is 1.28 bits per heavy atom. The maximum Gasteiger partial charge on any atom is 0.237 e. The van der Waals surface area contributed by atoms with Crippen LogP contribution in [0.15, 0.2) is 29.4 Å². The lowest BCUT2D eigenvalue weighted by Crippen LogP contribution is -2.36. The van der Waals surface area contributed by atoms with Crippen molar-refractivity contribution in [2.75, 3.05) is 17.2 Å². The SMILES string of the molecule is CCCn1c(SCC(=O)N2CCCc3ccccc32)nnc1C(C)C. The van der Waals surface area contributed by atoms with Gasteiger partial charge < -0.3 is 9.47 Å². The largest absolute Gasteiger partial charge is 0.311 e. The molecule has 1 aromatic carbocycles. The number of hydrogen-bond acceptors (Lipinski definition) is 4. The third-order valence-corrected chi connectivity index (χ3v) is 5.40. The van der Waals surface area contributed by atoms with E-state index in [0.29, 0.717) is 11.7 Å². The summed E-state index contributed by atoms with van der Waals surface area (Å²) in [4.78, 5) is 14.7. The van der Waals surface area contributed by atoms with Gasteiger partial charge >= 0.3 is 0 Å². The minimum atomic E-state index is 0.147. The Hall–Kier alpha value is -1.82. The summed E-state index contributed by atoms with van der Waals surface area (Å²) in [5.41, 5.74) is 2.33. The van der Waals surface area contributed by atoms with Crippen molar-refractivity contribution in [3.05, 3.63) is 35.7 Å². The summed E-state index contributed by atoms with van der Waals surface area (Å²) in [5, 5.41) is 9.50. The molecule has 1 aromatic heterocycles. The average molecular weight is 359 g/mol. The first-order valence-corrected chi connectivity index (χ1v) is 10.0. The zero-order valence-electron chi connectivity index (χ0n) is 15.2. The van der Waals surface area contributed by atoms with Gasteiger partial charge in [-0.3, -0.25) is 4.79 Å². The van der Waals surface area contributed by atoms with Crippen LogP contribution >= 0.6 is 11.8 Å². The highest BCUT2D eigenvalue weighted by Crippen LogP contribution is 2.28. The maximum absolute atomic E-state index is 12.8. The molecule has 0 saturated carbocycles. The number of carbonyl (C=O) groups is 1. The molecular weight excluding hydrogens is 332 g/mol. The predicted molar refractivity (Wildman–Crippen MR) is 102 cm³/mol. The van der Waals surface area contributed by atoms with Gasteiger partial charge in [0, 0.05) is 24.7 Å². The number of hydrogen-bond donors (Lipinski definition) is 0. The smallest absolute Gasteiger partial charge is 0.237 e. The molecule has 0 bridgehead atoms. The van der Waals surface area contributed by atoms with Gasteiger partial charge in [0.25, 0.3) is 0 Å². The molecule has 1 aliphatic rings. The highest BCUT2D eigenvalue weighted by atomic mass is 32.2. The van der Waals surface area contributed by atoms with Crippen LogP contribution in [0.4, 0.5) is 5.69 Å². The van der Waals surface area contributed by atoms with Gasteiger partial charge in [-0.25, -0.2) is 0 Å². The highest BCUT2D eigenvalue weighted by Gasteiger charge is 2.23. The van der Waals surface area contributed by atoms with Crippen LogP contribution in [0.5, 0.6) is 0 Å². The van der Waals surface area contributed by atoms with E-state index >= 15 is 0 Å². The highest BCUT2D eigenvalue weighted by molar-refractivity contribution is 7.99. The average Bonchev–Trinajstić information content (AvgIpc) is 3.02. The lowest BCUT2D eigenvalue weighted by atomic mass is 10.0. The fraction of sp³-hybridized carbons (Fsp3) is 0.526. The van der Waals surface area contributed by atoms with E-state index in [0.717, 1.165) is 49.0 Å². The summed E-state index contributed by atoms with van der Waals surface area (Å²) in [6.45, 7) is 8.09. The van der Waals surface area contributed by atoms with Crippen molar-refractivity contribution < 1.29 is 4.79 Å². The summed E-state index contributed by atoms with van der Waals surface area (Å²) in [6.07, 6.45) is 3.10. The normalized spacial score (nSPS) is 14.0. The number of nitrogens with zero attached hydrogens (tertiary/aromatic N) is 4. The van der Waals surface area contributed by atoms with Crippen LogP contribution in [-0.2, 0) is 17.8 Å². The van der Waals surface area contributed by atoms with Crippen LogP contribution in [0.3, 0.4) is 0 Å². The lowest BCUT2D eigenvalue weighted by Gasteiger charge is -2.29. The summed E-state index contributed by atoms with van der Waals surface area (Å²) in [7, 11) is 0. The van der Waals surface area contributed by atoms with Crippen LogP contribution in [0.25, 0.3) is 0 Å². The number of amides is 1. The zero-order valence-corrected chi connectivity index (χ0v) is 16.1. The Kier molecular flexibility index (Phi) is 5.78. The second-order valence-corrected chi connectivity index (χ2v) is 7.66. The molecule has 0 unspecified atom stereocenters. The van der Waals surface area contributed by atoms with E-state index < -0.39 is 0 Å². The fourth-order valence-corrected chi connectivity index (χ4v) is 4.11. The van der Waals surface area contributed by atoms with Crippen LogP contribution in [0.2, 0.25) is 0 Å². The minimum absolute atomic E-state index is 0.147. The molecule has 5 nitrogen and oxygen atoms in total. The quantitative estimate of drug-likeness (QED) is 0.735. The number of aryl methyl sites for hydroxylation is 1. The summed E-state index contributed by atoms with van der Waals surface area (Å²) in [5.74, 6) is 1.88. The third-order valence-electron chi connectivity index (χ3n) is 4.45. The molecule has 2 aromatic rings. The summed E-state index contributed by atoms with van der Waals surface area (Å²) in [6, 6.07) is 8.22. The van der Waals surface area contributed by atoms with Crippen LogP contribution in [0, 0.1) is 0 Å². The van der Waals surface area contributed by atoms with Gasteiger partial charge in [-0.15, -0.1) is 10.2 Å². The molecule has 0 fully saturated rings. The van der Waals surface area contributed by atoms with E-state index in [9.17, 15) is 4.79 Å². The molecule has 0 radical (unpaired) electrons. The van der Waals surface area contributed by atoms with E-state index in [2.05, 4.69) is 41.6 Å². The molecule has 0 spiro atoms. The third kappa shape index (κ3) is 3.89. The molecule has 134 valence electrons. The number of benzene rings is 1. The molecule has 1 aliphatic heterocycles. The lowest BCUT2D eigenvalue weighted by molar-refractivity contribution is -0.116. The Bertz CT molecular complexity index is 741. The molecule has 25 heavy (non-hydrogen) atoms. The first kappa shape index (κ1) is 18.0. The van der Waals surface area contributed by atoms with E-state index in [4.69, 9.17) is 0 Å². The molecule has 6 heteroatoms. The molecule has 3 rings (SSSR count). The zero-order chi connectivity index (χ0) is 17.8. The van der Waals surface area contributed by atoms with Crippen molar-refractivity contribution in [2.24, 2.45) is 0 Å². The van der Waals surface area contributed by atoms with Gasteiger partial charge in [0.05, 0.1) is 5.75 Å². The summed E-state index contributed by atoms with van der Waals surface area (Å²) < 4.78 is 2.16. The molecule has 0 N–H and O–H groups in total. The second-order valence-electron chi connectivity index (χ2n) is 6.71. The van der Waals surface area contributed by atoms with E-state index in [1.807, 2.05) is 23.1 Å². The van der Waals surface area contributed by atoms with Crippen molar-refractivity contribution in [3.8, 4) is 0 Å². The molecule has 1 amide bonds. The molecule has 0 saturated heterocycles. The van der Waals surface area contributed by atoms with Crippen molar-refractivity contribution in [3.63, 3.8) is 0 Å². The Labute approximate surface area is 153 Å². The number of para-hydroxylation sites is 1. The number of anilines is 1. The van der Waals surface area contributed by atoms with E-state index in [1.165, 1.54) is 17.3 Å². The van der Waals surface area contributed by atoms with Gasteiger partial charge in [-0.1, -0.05) is 50.7 Å². The molecule has 0 aliphatic carbocycles. The minimum Gasteiger partial charge on any atom is -0.311 e. The Morgan fingerprint density at radius 2 is 2.08 bits per heavy atom. The van der Waals surface area contributed by atoms with E-state index in [1.54, 1.807) is 0 Å². The molecular formula is C19H26N4OS. The number of aromatic nitrogens is 3.